The second kappa shape index (κ2) is 7.62. The zero-order chi connectivity index (χ0) is 13.5. The van der Waals surface area contributed by atoms with Crippen LogP contribution in [0.3, 0.4) is 0 Å². The third kappa shape index (κ3) is 4.16. The molecular weight excluding hydrogens is 273 g/mol. The van der Waals surface area contributed by atoms with Gasteiger partial charge in [0, 0.05) is 19.5 Å². The van der Waals surface area contributed by atoms with E-state index >= 15 is 0 Å². The maximum absolute atomic E-state index is 12.1. The number of aryl methyl sites for hydroxylation is 1. The average molecular weight is 290 g/mol. The van der Waals surface area contributed by atoms with Crippen molar-refractivity contribution < 1.29 is 9.53 Å². The van der Waals surface area contributed by atoms with Crippen LogP contribution in [-0.2, 0) is 4.74 Å². The van der Waals surface area contributed by atoms with Crippen LogP contribution in [0.4, 0.5) is 0 Å². The Morgan fingerprint density at radius 3 is 2.78 bits per heavy atom. The summed E-state index contributed by atoms with van der Waals surface area (Å²) in [5.74, 6) is 0.361. The first-order valence-electron chi connectivity index (χ1n) is 5.72. The van der Waals surface area contributed by atoms with Crippen molar-refractivity contribution in [3.63, 3.8) is 0 Å². The molecule has 100 valence electrons. The lowest BCUT2D eigenvalue weighted by molar-refractivity contribution is 0.0712. The Hall–Kier alpha value is -0.770. The number of ether oxygens (including phenoxy) is 1. The molecule has 0 saturated carbocycles. The van der Waals surface area contributed by atoms with E-state index in [1.165, 1.54) is 0 Å². The molecule has 0 saturated heterocycles. The molecule has 0 aromatic heterocycles. The molecule has 0 unspecified atom stereocenters. The monoisotopic (exact) mass is 289 g/mol. The van der Waals surface area contributed by atoms with Gasteiger partial charge in [-0.1, -0.05) is 23.7 Å². The maximum atomic E-state index is 12.1. The summed E-state index contributed by atoms with van der Waals surface area (Å²) in [7, 11) is 1.73. The first kappa shape index (κ1) is 15.3. The summed E-state index contributed by atoms with van der Waals surface area (Å²) in [4.78, 5) is 13.7. The molecule has 0 aliphatic rings. The van der Waals surface area contributed by atoms with Gasteiger partial charge in [-0.3, -0.25) is 4.79 Å². The molecule has 0 aliphatic heterocycles. The molecule has 0 spiro atoms. The van der Waals surface area contributed by atoms with Crippen LogP contribution in [0.1, 0.15) is 15.9 Å². The van der Waals surface area contributed by atoms with Crippen LogP contribution in [0.15, 0.2) is 18.2 Å². The van der Waals surface area contributed by atoms with Crippen LogP contribution in [0.2, 0.25) is 5.02 Å². The van der Waals surface area contributed by atoms with Gasteiger partial charge in [-0.2, -0.15) is 0 Å². The van der Waals surface area contributed by atoms with Crippen LogP contribution in [0.25, 0.3) is 0 Å². The fourth-order valence-corrected chi connectivity index (χ4v) is 1.79. The Labute approximate surface area is 118 Å². The van der Waals surface area contributed by atoms with E-state index < -0.39 is 0 Å². The van der Waals surface area contributed by atoms with E-state index in [-0.39, 0.29) is 5.91 Å². The second-order valence-corrected chi connectivity index (χ2v) is 4.72. The topological polar surface area (TPSA) is 29.5 Å². The number of amides is 1. The summed E-state index contributed by atoms with van der Waals surface area (Å²) < 4.78 is 5.23. The highest BCUT2D eigenvalue weighted by Crippen LogP contribution is 2.21. The average Bonchev–Trinajstić information content (AvgIpc) is 2.37. The number of carbonyl (C=O) groups excluding carboxylic acids is 1. The molecule has 0 aliphatic carbocycles. The van der Waals surface area contributed by atoms with Crippen LogP contribution in [0, 0.1) is 6.92 Å². The van der Waals surface area contributed by atoms with Crippen LogP contribution < -0.4 is 0 Å². The van der Waals surface area contributed by atoms with Gasteiger partial charge in [0.15, 0.2) is 0 Å². The van der Waals surface area contributed by atoms with Gasteiger partial charge in [-0.05, 0) is 18.6 Å². The predicted molar refractivity (Wildman–Crippen MR) is 74.7 cm³/mol. The maximum Gasteiger partial charge on any atom is 0.255 e. The summed E-state index contributed by atoms with van der Waals surface area (Å²) in [5, 5.41) is 0.510. The van der Waals surface area contributed by atoms with Crippen molar-refractivity contribution >= 4 is 29.1 Å². The Kier molecular flexibility index (Phi) is 6.47. The Morgan fingerprint density at radius 1 is 1.39 bits per heavy atom. The van der Waals surface area contributed by atoms with Gasteiger partial charge in [0.05, 0.1) is 23.8 Å². The Bertz CT molecular complexity index is 410. The van der Waals surface area contributed by atoms with Crippen LogP contribution in [-0.4, -0.2) is 43.5 Å². The molecule has 0 N–H and O–H groups in total. The van der Waals surface area contributed by atoms with E-state index in [1.807, 2.05) is 19.1 Å². The normalized spacial score (nSPS) is 10.4. The molecule has 0 radical (unpaired) electrons. The summed E-state index contributed by atoms with van der Waals surface area (Å²) in [5.41, 5.74) is 1.42. The van der Waals surface area contributed by atoms with Gasteiger partial charge < -0.3 is 9.64 Å². The lowest BCUT2D eigenvalue weighted by Crippen LogP contribution is -2.30. The van der Waals surface area contributed by atoms with Gasteiger partial charge in [0.25, 0.3) is 5.91 Å². The lowest BCUT2D eigenvalue weighted by Gasteiger charge is -2.18. The number of rotatable bonds is 6. The molecule has 1 aromatic carbocycles. The fraction of sp³-hybridized carbons (Fsp3) is 0.462. The third-order valence-electron chi connectivity index (χ3n) is 2.56. The standard InChI is InChI=1S/C13H17Cl2NO2/c1-10-4-3-5-11(12(10)15)13(17)16(2)7-9-18-8-6-14/h3-5H,6-9H2,1-2H3. The van der Waals surface area contributed by atoms with Crippen LogP contribution in [0.5, 0.6) is 0 Å². The van der Waals surface area contributed by atoms with E-state index in [1.54, 1.807) is 18.0 Å². The highest BCUT2D eigenvalue weighted by Gasteiger charge is 2.15. The first-order valence-corrected chi connectivity index (χ1v) is 6.63. The molecule has 1 amide bonds. The van der Waals surface area contributed by atoms with E-state index in [0.29, 0.717) is 36.2 Å². The van der Waals surface area contributed by atoms with Gasteiger partial charge in [0.1, 0.15) is 0 Å². The van der Waals surface area contributed by atoms with Gasteiger partial charge >= 0.3 is 0 Å². The molecule has 3 nitrogen and oxygen atoms in total. The van der Waals surface area contributed by atoms with Crippen molar-refractivity contribution in [3.8, 4) is 0 Å². The van der Waals surface area contributed by atoms with Gasteiger partial charge in [-0.15, -0.1) is 11.6 Å². The molecule has 0 fully saturated rings. The zero-order valence-electron chi connectivity index (χ0n) is 10.6. The molecule has 1 rings (SSSR count). The number of benzene rings is 1. The van der Waals surface area contributed by atoms with Crippen molar-refractivity contribution in [2.45, 2.75) is 6.92 Å². The van der Waals surface area contributed by atoms with Crippen molar-refractivity contribution in [1.82, 2.24) is 4.90 Å². The molecular formula is C13H17Cl2NO2. The number of hydrogen-bond donors (Lipinski definition) is 0. The number of halogens is 2. The van der Waals surface area contributed by atoms with Crippen molar-refractivity contribution in [3.05, 3.63) is 34.3 Å². The van der Waals surface area contributed by atoms with E-state index in [9.17, 15) is 4.79 Å². The highest BCUT2D eigenvalue weighted by atomic mass is 35.5. The summed E-state index contributed by atoms with van der Waals surface area (Å²) in [6.45, 7) is 3.36. The zero-order valence-corrected chi connectivity index (χ0v) is 12.1. The van der Waals surface area contributed by atoms with Crippen molar-refractivity contribution in [2.24, 2.45) is 0 Å². The van der Waals surface area contributed by atoms with Crippen LogP contribution >= 0.6 is 23.2 Å². The second-order valence-electron chi connectivity index (χ2n) is 3.96. The van der Waals surface area contributed by atoms with E-state index in [2.05, 4.69) is 0 Å². The molecule has 0 bridgehead atoms. The number of alkyl halides is 1. The quantitative estimate of drug-likeness (QED) is 0.595. The lowest BCUT2D eigenvalue weighted by atomic mass is 10.1. The molecule has 5 heteroatoms. The fourth-order valence-electron chi connectivity index (χ4n) is 1.48. The molecule has 0 heterocycles. The smallest absolute Gasteiger partial charge is 0.255 e. The Balaban J connectivity index is 2.60. The minimum absolute atomic E-state index is 0.0989. The first-order chi connectivity index (χ1) is 8.57. The number of likely N-dealkylation sites (N-methyl/N-ethyl adjacent to an activating group) is 1. The summed E-state index contributed by atoms with van der Waals surface area (Å²) in [6, 6.07) is 5.43. The van der Waals surface area contributed by atoms with E-state index in [4.69, 9.17) is 27.9 Å². The summed E-state index contributed by atoms with van der Waals surface area (Å²) in [6.07, 6.45) is 0. The predicted octanol–water partition coefficient (Wildman–Crippen LogP) is 2.98. The summed E-state index contributed by atoms with van der Waals surface area (Å²) >= 11 is 11.6. The largest absolute Gasteiger partial charge is 0.378 e. The minimum atomic E-state index is -0.0989. The minimum Gasteiger partial charge on any atom is -0.378 e. The number of hydrogen-bond acceptors (Lipinski definition) is 2. The van der Waals surface area contributed by atoms with Crippen molar-refractivity contribution in [2.75, 3.05) is 32.7 Å². The van der Waals surface area contributed by atoms with Crippen molar-refractivity contribution in [1.29, 1.82) is 0 Å². The van der Waals surface area contributed by atoms with E-state index in [0.717, 1.165) is 5.56 Å². The van der Waals surface area contributed by atoms with Gasteiger partial charge in [0.2, 0.25) is 0 Å². The third-order valence-corrected chi connectivity index (χ3v) is 3.22. The molecule has 18 heavy (non-hydrogen) atoms. The molecule has 0 atom stereocenters. The highest BCUT2D eigenvalue weighted by molar-refractivity contribution is 6.34. The Morgan fingerprint density at radius 2 is 2.11 bits per heavy atom. The number of nitrogens with zero attached hydrogens (tertiary/aromatic N) is 1. The molecule has 1 aromatic rings. The SMILES string of the molecule is Cc1cccc(C(=O)N(C)CCOCCCl)c1Cl. The number of carbonyl (C=O) groups is 1. The van der Waals surface area contributed by atoms with Gasteiger partial charge in [-0.25, -0.2) is 0 Å².